The van der Waals surface area contributed by atoms with Crippen LogP contribution >= 0.6 is 0 Å². The second-order valence-corrected chi connectivity index (χ2v) is 6.79. The minimum Gasteiger partial charge on any atom is -0.495 e. The monoisotopic (exact) mass is 391 g/mol. The third-order valence-electron chi connectivity index (χ3n) is 4.73. The molecule has 29 heavy (non-hydrogen) atoms. The first-order valence-corrected chi connectivity index (χ1v) is 9.67. The number of benzene rings is 2. The number of nitrogens with one attached hydrogen (secondary N) is 2. The van der Waals surface area contributed by atoms with E-state index in [9.17, 15) is 0 Å². The normalized spacial score (nSPS) is 13.8. The SMILES string of the molecule is COc1ccccc1Nc1nc(C)cc(Nc2ccccc2N2CCOCC2)n1. The maximum Gasteiger partial charge on any atom is 0.229 e. The van der Waals surface area contributed by atoms with E-state index in [1.54, 1.807) is 7.11 Å². The number of para-hydroxylation sites is 4. The highest BCUT2D eigenvalue weighted by Crippen LogP contribution is 2.30. The molecule has 1 aliphatic heterocycles. The lowest BCUT2D eigenvalue weighted by molar-refractivity contribution is 0.123. The van der Waals surface area contributed by atoms with Gasteiger partial charge in [-0.3, -0.25) is 0 Å². The largest absolute Gasteiger partial charge is 0.495 e. The molecule has 7 heteroatoms. The fourth-order valence-corrected chi connectivity index (χ4v) is 3.35. The van der Waals surface area contributed by atoms with Crippen molar-refractivity contribution in [1.82, 2.24) is 9.97 Å². The van der Waals surface area contributed by atoms with E-state index in [0.29, 0.717) is 5.95 Å². The van der Waals surface area contributed by atoms with Crippen molar-refractivity contribution in [3.8, 4) is 5.75 Å². The van der Waals surface area contributed by atoms with Gasteiger partial charge in [0.15, 0.2) is 0 Å². The van der Waals surface area contributed by atoms with Crippen molar-refractivity contribution >= 4 is 28.8 Å². The summed E-state index contributed by atoms with van der Waals surface area (Å²) < 4.78 is 10.9. The van der Waals surface area contributed by atoms with Gasteiger partial charge < -0.3 is 25.0 Å². The van der Waals surface area contributed by atoms with Crippen LogP contribution in [0.2, 0.25) is 0 Å². The molecule has 2 N–H and O–H groups in total. The number of rotatable bonds is 6. The number of aromatic nitrogens is 2. The van der Waals surface area contributed by atoms with E-state index in [1.165, 1.54) is 0 Å². The summed E-state index contributed by atoms with van der Waals surface area (Å²) in [4.78, 5) is 11.5. The Bertz CT molecular complexity index is 973. The molecule has 1 aliphatic rings. The van der Waals surface area contributed by atoms with Crippen LogP contribution in [-0.2, 0) is 4.74 Å². The summed E-state index contributed by atoms with van der Waals surface area (Å²) >= 11 is 0. The van der Waals surface area contributed by atoms with Crippen LogP contribution in [0.15, 0.2) is 54.6 Å². The first-order valence-electron chi connectivity index (χ1n) is 9.67. The molecule has 0 unspecified atom stereocenters. The average Bonchev–Trinajstić information content (AvgIpc) is 2.75. The number of morpholine rings is 1. The molecule has 1 saturated heterocycles. The van der Waals surface area contributed by atoms with Gasteiger partial charge in [0.1, 0.15) is 11.6 Å². The van der Waals surface area contributed by atoms with Crippen LogP contribution in [0.25, 0.3) is 0 Å². The summed E-state index contributed by atoms with van der Waals surface area (Å²) in [5.74, 6) is 1.99. The van der Waals surface area contributed by atoms with Crippen LogP contribution in [0.4, 0.5) is 28.8 Å². The lowest BCUT2D eigenvalue weighted by atomic mass is 10.2. The summed E-state index contributed by atoms with van der Waals surface area (Å²) in [7, 11) is 1.65. The zero-order chi connectivity index (χ0) is 20.1. The van der Waals surface area contributed by atoms with Gasteiger partial charge in [-0.05, 0) is 31.2 Å². The first-order chi connectivity index (χ1) is 14.2. The van der Waals surface area contributed by atoms with Gasteiger partial charge in [-0.15, -0.1) is 0 Å². The minimum atomic E-state index is 0.515. The highest BCUT2D eigenvalue weighted by Gasteiger charge is 2.15. The number of methoxy groups -OCH3 is 1. The quantitative estimate of drug-likeness (QED) is 0.655. The third kappa shape index (κ3) is 4.57. The van der Waals surface area contributed by atoms with Crippen LogP contribution in [0, 0.1) is 6.92 Å². The Labute approximate surface area is 170 Å². The number of ether oxygens (including phenoxy) is 2. The number of hydrogen-bond acceptors (Lipinski definition) is 7. The number of hydrogen-bond donors (Lipinski definition) is 2. The van der Waals surface area contributed by atoms with Crippen LogP contribution in [0.5, 0.6) is 5.75 Å². The van der Waals surface area contributed by atoms with Crippen molar-refractivity contribution in [3.63, 3.8) is 0 Å². The molecule has 0 radical (unpaired) electrons. The Hall–Kier alpha value is -3.32. The Balaban J connectivity index is 1.59. The minimum absolute atomic E-state index is 0.515. The highest BCUT2D eigenvalue weighted by molar-refractivity contribution is 5.75. The van der Waals surface area contributed by atoms with Crippen LogP contribution < -0.4 is 20.3 Å². The topological polar surface area (TPSA) is 71.5 Å². The third-order valence-corrected chi connectivity index (χ3v) is 4.73. The van der Waals surface area contributed by atoms with Crippen LogP contribution in [-0.4, -0.2) is 43.4 Å². The zero-order valence-electron chi connectivity index (χ0n) is 16.7. The Morgan fingerprint density at radius 2 is 1.66 bits per heavy atom. The molecule has 0 amide bonds. The highest BCUT2D eigenvalue weighted by atomic mass is 16.5. The Morgan fingerprint density at radius 3 is 2.45 bits per heavy atom. The first kappa shape index (κ1) is 19.0. The van der Waals surface area contributed by atoms with E-state index in [4.69, 9.17) is 9.47 Å². The summed E-state index contributed by atoms with van der Waals surface area (Å²) in [5.41, 5.74) is 3.84. The van der Waals surface area contributed by atoms with E-state index in [1.807, 2.05) is 43.3 Å². The van der Waals surface area contributed by atoms with Crippen LogP contribution in [0.3, 0.4) is 0 Å². The number of nitrogens with zero attached hydrogens (tertiary/aromatic N) is 3. The molecule has 1 aromatic heterocycles. The standard InChI is InChI=1S/C22H25N5O2/c1-16-15-21(26-22(23-16)25-18-8-4-6-10-20(18)28-2)24-17-7-3-5-9-19(17)27-11-13-29-14-12-27/h3-10,15H,11-14H2,1-2H3,(H2,23,24,25,26). The lowest BCUT2D eigenvalue weighted by Gasteiger charge is -2.30. The molecule has 0 aliphatic carbocycles. The molecule has 150 valence electrons. The molecule has 3 aromatic rings. The van der Waals surface area contributed by atoms with E-state index in [-0.39, 0.29) is 0 Å². The molecule has 0 saturated carbocycles. The van der Waals surface area contributed by atoms with Crippen molar-refractivity contribution in [2.45, 2.75) is 6.92 Å². The fraction of sp³-hybridized carbons (Fsp3) is 0.273. The molecule has 7 nitrogen and oxygen atoms in total. The van der Waals surface area contributed by atoms with Gasteiger partial charge in [0.2, 0.25) is 5.95 Å². The van der Waals surface area contributed by atoms with Gasteiger partial charge in [-0.1, -0.05) is 24.3 Å². The van der Waals surface area contributed by atoms with Crippen molar-refractivity contribution in [1.29, 1.82) is 0 Å². The predicted molar refractivity (Wildman–Crippen MR) is 116 cm³/mol. The Morgan fingerprint density at radius 1 is 0.931 bits per heavy atom. The van der Waals surface area contributed by atoms with Gasteiger partial charge in [0.05, 0.1) is 37.4 Å². The molecule has 2 aromatic carbocycles. The second kappa shape index (κ2) is 8.79. The maximum atomic E-state index is 5.49. The second-order valence-electron chi connectivity index (χ2n) is 6.79. The fourth-order valence-electron chi connectivity index (χ4n) is 3.35. The van der Waals surface area contributed by atoms with Crippen molar-refractivity contribution in [3.05, 3.63) is 60.3 Å². The van der Waals surface area contributed by atoms with Gasteiger partial charge in [-0.2, -0.15) is 4.98 Å². The molecule has 1 fully saturated rings. The van der Waals surface area contributed by atoms with E-state index in [2.05, 4.69) is 43.7 Å². The summed E-state index contributed by atoms with van der Waals surface area (Å²) in [5, 5.41) is 6.71. The number of anilines is 5. The van der Waals surface area contributed by atoms with E-state index < -0.39 is 0 Å². The van der Waals surface area contributed by atoms with Crippen LogP contribution in [0.1, 0.15) is 5.69 Å². The van der Waals surface area contributed by atoms with Crippen molar-refractivity contribution < 1.29 is 9.47 Å². The van der Waals surface area contributed by atoms with Crippen molar-refractivity contribution in [2.24, 2.45) is 0 Å². The molecular formula is C22H25N5O2. The van der Waals surface area contributed by atoms with Crippen molar-refractivity contribution in [2.75, 3.05) is 48.9 Å². The molecule has 4 rings (SSSR count). The molecular weight excluding hydrogens is 366 g/mol. The summed E-state index contributed by atoms with van der Waals surface area (Å²) in [6, 6.07) is 17.9. The molecule has 0 atom stereocenters. The zero-order valence-corrected chi connectivity index (χ0v) is 16.7. The molecule has 0 spiro atoms. The van der Waals surface area contributed by atoms with Gasteiger partial charge in [0, 0.05) is 24.8 Å². The number of aryl methyl sites for hydroxylation is 1. The molecule has 0 bridgehead atoms. The lowest BCUT2D eigenvalue weighted by Crippen LogP contribution is -2.36. The van der Waals surface area contributed by atoms with Gasteiger partial charge in [-0.25, -0.2) is 4.98 Å². The smallest absolute Gasteiger partial charge is 0.229 e. The average molecular weight is 391 g/mol. The molecule has 2 heterocycles. The van der Waals surface area contributed by atoms with Gasteiger partial charge >= 0.3 is 0 Å². The Kier molecular flexibility index (Phi) is 5.76. The van der Waals surface area contributed by atoms with E-state index >= 15 is 0 Å². The summed E-state index contributed by atoms with van der Waals surface area (Å²) in [6.45, 7) is 5.19. The van der Waals surface area contributed by atoms with Gasteiger partial charge in [0.25, 0.3) is 0 Å². The summed E-state index contributed by atoms with van der Waals surface area (Å²) in [6.07, 6.45) is 0. The maximum absolute atomic E-state index is 5.49. The van der Waals surface area contributed by atoms with E-state index in [0.717, 1.165) is 60.6 Å². The predicted octanol–water partition coefficient (Wildman–Crippen LogP) is 4.12.